The van der Waals surface area contributed by atoms with Gasteiger partial charge in [0, 0.05) is 5.56 Å². The van der Waals surface area contributed by atoms with E-state index in [1.807, 2.05) is 31.2 Å². The van der Waals surface area contributed by atoms with Crippen LogP contribution in [0.25, 0.3) is 5.76 Å². The molecule has 0 bridgehead atoms. The van der Waals surface area contributed by atoms with E-state index in [4.69, 9.17) is 14.2 Å². The van der Waals surface area contributed by atoms with Gasteiger partial charge < -0.3 is 19.3 Å². The van der Waals surface area contributed by atoms with Crippen LogP contribution in [0.1, 0.15) is 76.8 Å². The van der Waals surface area contributed by atoms with Crippen molar-refractivity contribution in [3.63, 3.8) is 0 Å². The highest BCUT2D eigenvalue weighted by Crippen LogP contribution is 2.44. The van der Waals surface area contributed by atoms with Gasteiger partial charge in [0.1, 0.15) is 28.7 Å². The molecule has 9 nitrogen and oxygen atoms in total. The highest BCUT2D eigenvalue weighted by molar-refractivity contribution is 7.17. The number of hydrogen-bond donors (Lipinski definition) is 1. The van der Waals surface area contributed by atoms with Gasteiger partial charge in [-0.15, -0.1) is 0 Å². The molecule has 1 atom stereocenters. The highest BCUT2D eigenvalue weighted by Gasteiger charge is 2.48. The van der Waals surface area contributed by atoms with Gasteiger partial charge >= 0.3 is 11.9 Å². The number of aryl methyl sites for hydroxylation is 2. The summed E-state index contributed by atoms with van der Waals surface area (Å²) in [7, 11) is 0. The highest BCUT2D eigenvalue weighted by atomic mass is 32.1. The first kappa shape index (κ1) is 33.4. The SMILES string of the molecule is CCCCCOc1ccc(C2C(=C(O)c3ccc(OCc4ccccc4C)cc3)C(=O)C(=O)N2c2nc(C)c(C(=O)OCC)s2)cc1. The van der Waals surface area contributed by atoms with Crippen molar-refractivity contribution in [1.29, 1.82) is 0 Å². The summed E-state index contributed by atoms with van der Waals surface area (Å²) >= 11 is 0.966. The van der Waals surface area contributed by atoms with E-state index in [0.717, 1.165) is 41.7 Å². The lowest BCUT2D eigenvalue weighted by atomic mass is 9.95. The number of Topliss-reactive ketones (excluding diaryl/α,β-unsaturated/α-hetero) is 1. The van der Waals surface area contributed by atoms with Gasteiger partial charge in [-0.05, 0) is 80.3 Å². The molecular formula is C37H38N2O7S. The van der Waals surface area contributed by atoms with Gasteiger partial charge in [-0.25, -0.2) is 9.78 Å². The fourth-order valence-electron chi connectivity index (χ4n) is 5.30. The fraction of sp³-hybridized carbons (Fsp3) is 0.297. The Bertz CT molecular complexity index is 1780. The molecule has 2 heterocycles. The molecule has 10 heteroatoms. The summed E-state index contributed by atoms with van der Waals surface area (Å²) in [6.07, 6.45) is 3.08. The van der Waals surface area contributed by atoms with E-state index in [1.54, 1.807) is 62.4 Å². The number of carbonyl (C=O) groups excluding carboxylic acids is 3. The van der Waals surface area contributed by atoms with Crippen molar-refractivity contribution in [3.05, 3.63) is 111 Å². The maximum absolute atomic E-state index is 13.7. The molecule has 1 aliphatic heterocycles. The number of esters is 1. The lowest BCUT2D eigenvalue weighted by Crippen LogP contribution is -2.29. The molecule has 0 aliphatic carbocycles. The number of unbranched alkanes of at least 4 members (excludes halogenated alkanes) is 2. The summed E-state index contributed by atoms with van der Waals surface area (Å²) in [6.45, 7) is 8.62. The molecule has 0 radical (unpaired) electrons. The minimum absolute atomic E-state index is 0.0919. The Kier molecular flexibility index (Phi) is 10.7. The third kappa shape index (κ3) is 7.38. The molecule has 1 fully saturated rings. The van der Waals surface area contributed by atoms with E-state index in [2.05, 4.69) is 11.9 Å². The van der Waals surface area contributed by atoms with Crippen LogP contribution in [0.3, 0.4) is 0 Å². The van der Waals surface area contributed by atoms with Crippen LogP contribution in [-0.2, 0) is 20.9 Å². The minimum atomic E-state index is -1.01. The number of nitrogens with zero attached hydrogens (tertiary/aromatic N) is 2. The molecule has 1 N–H and O–H groups in total. The van der Waals surface area contributed by atoms with Crippen molar-refractivity contribution in [2.24, 2.45) is 0 Å². The zero-order chi connectivity index (χ0) is 33.5. The molecular weight excluding hydrogens is 616 g/mol. The van der Waals surface area contributed by atoms with Crippen LogP contribution >= 0.6 is 11.3 Å². The summed E-state index contributed by atoms with van der Waals surface area (Å²) in [4.78, 5) is 45.9. The average Bonchev–Trinajstić information content (AvgIpc) is 3.59. The number of carbonyl (C=O) groups is 3. The van der Waals surface area contributed by atoms with Gasteiger partial charge in [-0.2, -0.15) is 0 Å². The molecule has 5 rings (SSSR count). The molecule has 4 aromatic rings. The molecule has 3 aromatic carbocycles. The molecule has 1 aromatic heterocycles. The molecule has 1 amide bonds. The van der Waals surface area contributed by atoms with Gasteiger partial charge in [0.05, 0.1) is 30.5 Å². The Morgan fingerprint density at radius 2 is 1.60 bits per heavy atom. The number of ether oxygens (including phenoxy) is 3. The van der Waals surface area contributed by atoms with E-state index in [0.29, 0.717) is 41.5 Å². The van der Waals surface area contributed by atoms with E-state index >= 15 is 0 Å². The molecule has 1 unspecified atom stereocenters. The number of aromatic nitrogens is 1. The molecule has 1 saturated heterocycles. The molecule has 244 valence electrons. The van der Waals surface area contributed by atoms with Gasteiger partial charge in [-0.1, -0.05) is 67.5 Å². The number of amides is 1. The summed E-state index contributed by atoms with van der Waals surface area (Å²) in [5, 5.41) is 11.8. The Labute approximate surface area is 278 Å². The van der Waals surface area contributed by atoms with Crippen molar-refractivity contribution in [3.8, 4) is 11.5 Å². The average molecular weight is 655 g/mol. The second-order valence-electron chi connectivity index (χ2n) is 11.2. The van der Waals surface area contributed by atoms with Gasteiger partial charge in [0.25, 0.3) is 5.78 Å². The first-order chi connectivity index (χ1) is 22.7. The van der Waals surface area contributed by atoms with Crippen LogP contribution in [0.2, 0.25) is 0 Å². The van der Waals surface area contributed by atoms with Crippen LogP contribution in [0.4, 0.5) is 5.13 Å². The normalized spacial score (nSPS) is 15.6. The maximum atomic E-state index is 13.7. The largest absolute Gasteiger partial charge is 0.507 e. The number of hydrogen-bond acceptors (Lipinski definition) is 9. The van der Waals surface area contributed by atoms with E-state index in [-0.39, 0.29) is 27.9 Å². The van der Waals surface area contributed by atoms with E-state index in [9.17, 15) is 19.5 Å². The minimum Gasteiger partial charge on any atom is -0.507 e. The van der Waals surface area contributed by atoms with Crippen LogP contribution in [0.15, 0.2) is 78.4 Å². The first-order valence-electron chi connectivity index (χ1n) is 15.7. The molecule has 47 heavy (non-hydrogen) atoms. The van der Waals surface area contributed by atoms with Crippen LogP contribution in [0.5, 0.6) is 11.5 Å². The number of aliphatic hydroxyl groups is 1. The van der Waals surface area contributed by atoms with Crippen molar-refractivity contribution in [2.75, 3.05) is 18.1 Å². The summed E-state index contributed by atoms with van der Waals surface area (Å²) in [5.74, 6) is -1.38. The number of thiazole rings is 1. The number of ketones is 1. The summed E-state index contributed by atoms with van der Waals surface area (Å²) < 4.78 is 17.0. The Balaban J connectivity index is 1.50. The lowest BCUT2D eigenvalue weighted by molar-refractivity contribution is -0.132. The number of anilines is 1. The summed E-state index contributed by atoms with van der Waals surface area (Å²) in [6, 6.07) is 20.7. The van der Waals surface area contributed by atoms with Crippen molar-refractivity contribution in [1.82, 2.24) is 4.98 Å². The van der Waals surface area contributed by atoms with E-state index < -0.39 is 23.7 Å². The Morgan fingerprint density at radius 3 is 2.28 bits per heavy atom. The zero-order valence-corrected chi connectivity index (χ0v) is 27.8. The molecule has 1 aliphatic rings. The van der Waals surface area contributed by atoms with Crippen molar-refractivity contribution < 1.29 is 33.7 Å². The van der Waals surface area contributed by atoms with Crippen LogP contribution in [-0.4, -0.2) is 41.0 Å². The predicted molar refractivity (Wildman–Crippen MR) is 181 cm³/mol. The number of aliphatic hydroxyl groups excluding tert-OH is 1. The first-order valence-corrected chi connectivity index (χ1v) is 16.5. The standard InChI is InChI=1S/C37H38N2O7S/c1-5-7-10-21-45-28-17-13-25(14-18-28)31-30(33(41)35(42)39(31)37-38-24(4)34(47-37)36(43)44-6-2)32(40)26-15-19-29(20-16-26)46-22-27-12-9-8-11-23(27)3/h8-9,11-20,31,40H,5-7,10,21-22H2,1-4H3. The quantitative estimate of drug-likeness (QED) is 0.0513. The second kappa shape index (κ2) is 15.1. The third-order valence-corrected chi connectivity index (χ3v) is 9.03. The van der Waals surface area contributed by atoms with Crippen LogP contribution < -0.4 is 14.4 Å². The van der Waals surface area contributed by atoms with Gasteiger partial charge in [0.15, 0.2) is 5.13 Å². The van der Waals surface area contributed by atoms with Gasteiger partial charge in [0.2, 0.25) is 0 Å². The fourth-order valence-corrected chi connectivity index (χ4v) is 6.29. The maximum Gasteiger partial charge on any atom is 0.350 e. The van der Waals surface area contributed by atoms with Gasteiger partial charge in [-0.3, -0.25) is 14.5 Å². The monoisotopic (exact) mass is 654 g/mol. The van der Waals surface area contributed by atoms with Crippen molar-refractivity contribution >= 4 is 39.9 Å². The third-order valence-electron chi connectivity index (χ3n) is 7.89. The number of benzene rings is 3. The van der Waals surface area contributed by atoms with E-state index in [1.165, 1.54) is 4.90 Å². The topological polar surface area (TPSA) is 115 Å². The van der Waals surface area contributed by atoms with Crippen LogP contribution in [0, 0.1) is 13.8 Å². The Hall–Kier alpha value is -4.96. The Morgan fingerprint density at radius 1 is 0.915 bits per heavy atom. The molecule has 0 spiro atoms. The second-order valence-corrected chi connectivity index (χ2v) is 12.1. The number of rotatable bonds is 13. The summed E-state index contributed by atoms with van der Waals surface area (Å²) in [5.41, 5.74) is 3.37. The predicted octanol–water partition coefficient (Wildman–Crippen LogP) is 7.71. The van der Waals surface area contributed by atoms with Crippen molar-refractivity contribution in [2.45, 2.75) is 59.6 Å². The smallest absolute Gasteiger partial charge is 0.350 e. The molecule has 0 saturated carbocycles. The lowest BCUT2D eigenvalue weighted by Gasteiger charge is -2.23. The zero-order valence-electron chi connectivity index (χ0n) is 26.9.